The minimum absolute atomic E-state index is 0.0236. The fraction of sp³-hybridized carbons (Fsp3) is 0. The number of carboxylic acids is 1. The van der Waals surface area contributed by atoms with Gasteiger partial charge in [-0.3, -0.25) is 0 Å². The van der Waals surface area contributed by atoms with E-state index in [0.29, 0.717) is 21.4 Å². The normalized spacial score (nSPS) is 10.8. The number of thiophene rings is 1. The molecule has 0 unspecified atom stereocenters. The Hall–Kier alpha value is -1.82. The second-order valence-corrected chi connectivity index (χ2v) is 5.97. The van der Waals surface area contributed by atoms with E-state index in [4.69, 9.17) is 28.3 Å². The molecule has 2 aromatic heterocycles. The molecule has 0 spiro atoms. The Morgan fingerprint density at radius 1 is 1.19 bits per heavy atom. The van der Waals surface area contributed by atoms with E-state index in [-0.39, 0.29) is 5.69 Å². The maximum atomic E-state index is 11.2. The number of hydrogen-bond acceptors (Lipinski definition) is 3. The molecule has 21 heavy (non-hydrogen) atoms. The summed E-state index contributed by atoms with van der Waals surface area (Å²) in [4.78, 5) is 12.1. The minimum atomic E-state index is -1.08. The van der Waals surface area contributed by atoms with Gasteiger partial charge < -0.3 is 5.11 Å². The standard InChI is InChI=1S/C14H8Cl2N2O2S/c15-9-4-3-8(6-10(9)16)18-12(13-2-1-5-21-13)7-11(17-18)14(19)20/h1-7H,(H,19,20). The third kappa shape index (κ3) is 2.68. The molecule has 1 aromatic carbocycles. The Bertz CT molecular complexity index is 813. The molecule has 0 bridgehead atoms. The number of aromatic carboxylic acids is 1. The van der Waals surface area contributed by atoms with Gasteiger partial charge in [0.05, 0.1) is 26.3 Å². The summed E-state index contributed by atoms with van der Waals surface area (Å²) in [6.45, 7) is 0. The summed E-state index contributed by atoms with van der Waals surface area (Å²) in [7, 11) is 0. The second kappa shape index (κ2) is 5.52. The summed E-state index contributed by atoms with van der Waals surface area (Å²) in [5.74, 6) is -1.08. The molecule has 7 heteroatoms. The van der Waals surface area contributed by atoms with Crippen molar-refractivity contribution in [2.45, 2.75) is 0 Å². The van der Waals surface area contributed by atoms with Crippen molar-refractivity contribution in [3.63, 3.8) is 0 Å². The summed E-state index contributed by atoms with van der Waals surface area (Å²) in [6.07, 6.45) is 0. The molecule has 0 amide bonds. The van der Waals surface area contributed by atoms with Crippen molar-refractivity contribution in [2.24, 2.45) is 0 Å². The summed E-state index contributed by atoms with van der Waals surface area (Å²) < 4.78 is 1.55. The highest BCUT2D eigenvalue weighted by molar-refractivity contribution is 7.13. The summed E-state index contributed by atoms with van der Waals surface area (Å²) in [5.41, 5.74) is 1.32. The number of carboxylic acid groups (broad SMARTS) is 1. The first kappa shape index (κ1) is 14.1. The molecule has 4 nitrogen and oxygen atoms in total. The van der Waals surface area contributed by atoms with Gasteiger partial charge in [-0.05, 0) is 29.6 Å². The Morgan fingerprint density at radius 2 is 2.00 bits per heavy atom. The zero-order valence-corrected chi connectivity index (χ0v) is 12.8. The quantitative estimate of drug-likeness (QED) is 0.758. The highest BCUT2D eigenvalue weighted by atomic mass is 35.5. The van der Waals surface area contributed by atoms with Gasteiger partial charge in [-0.25, -0.2) is 9.48 Å². The minimum Gasteiger partial charge on any atom is -0.476 e. The summed E-state index contributed by atoms with van der Waals surface area (Å²) in [5, 5.41) is 16.0. The predicted octanol–water partition coefficient (Wildman–Crippen LogP) is 4.61. The number of benzene rings is 1. The van der Waals surface area contributed by atoms with E-state index >= 15 is 0 Å². The highest BCUT2D eigenvalue weighted by Crippen LogP contribution is 2.30. The lowest BCUT2D eigenvalue weighted by molar-refractivity contribution is 0.0690. The van der Waals surface area contributed by atoms with Crippen LogP contribution < -0.4 is 0 Å². The van der Waals surface area contributed by atoms with Crippen LogP contribution in [-0.2, 0) is 0 Å². The molecule has 0 saturated carbocycles. The maximum Gasteiger partial charge on any atom is 0.356 e. The molecule has 0 saturated heterocycles. The van der Waals surface area contributed by atoms with Gasteiger partial charge in [-0.1, -0.05) is 29.3 Å². The molecule has 0 fully saturated rings. The average molecular weight is 339 g/mol. The fourth-order valence-electron chi connectivity index (χ4n) is 1.90. The Labute approximate surface area is 134 Å². The van der Waals surface area contributed by atoms with Gasteiger partial charge in [-0.2, -0.15) is 5.10 Å². The predicted molar refractivity (Wildman–Crippen MR) is 83.9 cm³/mol. The van der Waals surface area contributed by atoms with Crippen LogP contribution in [0.1, 0.15) is 10.5 Å². The van der Waals surface area contributed by atoms with Crippen LogP contribution in [0.15, 0.2) is 41.8 Å². The van der Waals surface area contributed by atoms with Gasteiger partial charge in [-0.15, -0.1) is 11.3 Å². The molecule has 2 heterocycles. The molecule has 3 aromatic rings. The van der Waals surface area contributed by atoms with Crippen LogP contribution in [0.4, 0.5) is 0 Å². The van der Waals surface area contributed by atoms with E-state index in [2.05, 4.69) is 5.10 Å². The first-order valence-electron chi connectivity index (χ1n) is 5.89. The van der Waals surface area contributed by atoms with Crippen molar-refractivity contribution in [3.8, 4) is 16.3 Å². The van der Waals surface area contributed by atoms with Crippen molar-refractivity contribution in [1.29, 1.82) is 0 Å². The largest absolute Gasteiger partial charge is 0.476 e. The van der Waals surface area contributed by atoms with Crippen LogP contribution in [0.5, 0.6) is 0 Å². The van der Waals surface area contributed by atoms with Crippen LogP contribution in [-0.4, -0.2) is 20.9 Å². The molecule has 0 atom stereocenters. The third-order valence-corrected chi connectivity index (χ3v) is 4.48. The molecule has 106 valence electrons. The third-order valence-electron chi connectivity index (χ3n) is 2.85. The number of carbonyl (C=O) groups is 1. The van der Waals surface area contributed by atoms with E-state index in [1.54, 1.807) is 22.9 Å². The Balaban J connectivity index is 2.20. The second-order valence-electron chi connectivity index (χ2n) is 4.21. The van der Waals surface area contributed by atoms with E-state index in [9.17, 15) is 4.79 Å². The molecule has 0 aliphatic heterocycles. The molecule has 0 aliphatic rings. The zero-order chi connectivity index (χ0) is 15.0. The number of nitrogens with zero attached hydrogens (tertiary/aromatic N) is 2. The van der Waals surface area contributed by atoms with Crippen LogP contribution in [0.2, 0.25) is 10.0 Å². The molecule has 1 N–H and O–H groups in total. The summed E-state index contributed by atoms with van der Waals surface area (Å²) in [6, 6.07) is 10.4. The number of halogens is 2. The van der Waals surface area contributed by atoms with E-state index in [0.717, 1.165) is 4.88 Å². The lowest BCUT2D eigenvalue weighted by Crippen LogP contribution is -2.02. The van der Waals surface area contributed by atoms with E-state index in [1.165, 1.54) is 17.4 Å². The lowest BCUT2D eigenvalue weighted by atomic mass is 10.2. The highest BCUT2D eigenvalue weighted by Gasteiger charge is 2.17. The van der Waals surface area contributed by atoms with Crippen LogP contribution in [0.25, 0.3) is 16.3 Å². The lowest BCUT2D eigenvalue weighted by Gasteiger charge is -2.07. The molecular weight excluding hydrogens is 331 g/mol. The van der Waals surface area contributed by atoms with Gasteiger partial charge in [0.2, 0.25) is 0 Å². The van der Waals surface area contributed by atoms with Gasteiger partial charge in [0, 0.05) is 6.07 Å². The van der Waals surface area contributed by atoms with Crippen molar-refractivity contribution >= 4 is 40.5 Å². The van der Waals surface area contributed by atoms with Gasteiger partial charge >= 0.3 is 5.97 Å². The van der Waals surface area contributed by atoms with Gasteiger partial charge in [0.15, 0.2) is 5.69 Å². The molecule has 0 radical (unpaired) electrons. The summed E-state index contributed by atoms with van der Waals surface area (Å²) >= 11 is 13.4. The van der Waals surface area contributed by atoms with Gasteiger partial charge in [0.25, 0.3) is 0 Å². The number of aromatic nitrogens is 2. The smallest absolute Gasteiger partial charge is 0.356 e. The zero-order valence-electron chi connectivity index (χ0n) is 10.5. The van der Waals surface area contributed by atoms with Crippen molar-refractivity contribution in [1.82, 2.24) is 9.78 Å². The number of hydrogen-bond donors (Lipinski definition) is 1. The van der Waals surface area contributed by atoms with Crippen molar-refractivity contribution < 1.29 is 9.90 Å². The van der Waals surface area contributed by atoms with E-state index < -0.39 is 5.97 Å². The number of rotatable bonds is 3. The Kier molecular flexibility index (Phi) is 3.71. The maximum absolute atomic E-state index is 11.2. The van der Waals surface area contributed by atoms with Crippen molar-refractivity contribution in [2.75, 3.05) is 0 Å². The first-order valence-corrected chi connectivity index (χ1v) is 7.52. The fourth-order valence-corrected chi connectivity index (χ4v) is 2.92. The molecule has 0 aliphatic carbocycles. The van der Waals surface area contributed by atoms with Gasteiger partial charge in [0.1, 0.15) is 0 Å². The monoisotopic (exact) mass is 338 g/mol. The van der Waals surface area contributed by atoms with E-state index in [1.807, 2.05) is 17.5 Å². The van der Waals surface area contributed by atoms with Crippen molar-refractivity contribution in [3.05, 3.63) is 57.5 Å². The topological polar surface area (TPSA) is 55.1 Å². The average Bonchev–Trinajstić information content (AvgIpc) is 3.09. The SMILES string of the molecule is O=C(O)c1cc(-c2cccs2)n(-c2ccc(Cl)c(Cl)c2)n1. The van der Waals surface area contributed by atoms with Crippen LogP contribution >= 0.6 is 34.5 Å². The molecular formula is C14H8Cl2N2O2S. The Morgan fingerprint density at radius 3 is 2.62 bits per heavy atom. The molecule has 3 rings (SSSR count). The van der Waals surface area contributed by atoms with Crippen LogP contribution in [0, 0.1) is 0 Å². The first-order chi connectivity index (χ1) is 10.1. The van der Waals surface area contributed by atoms with Crippen LogP contribution in [0.3, 0.4) is 0 Å².